The molecule has 0 radical (unpaired) electrons. The summed E-state index contributed by atoms with van der Waals surface area (Å²) in [5.41, 5.74) is 1.43. The average Bonchev–Trinajstić information content (AvgIpc) is 2.76. The second kappa shape index (κ2) is 10.4. The number of rotatable bonds is 10. The van der Waals surface area contributed by atoms with Crippen LogP contribution >= 0.6 is 7.60 Å². The van der Waals surface area contributed by atoms with Gasteiger partial charge in [-0.2, -0.15) is 0 Å². The molecular formula is C24H25O5P. The van der Waals surface area contributed by atoms with Crippen molar-refractivity contribution in [2.75, 3.05) is 13.2 Å². The maximum Gasteiger partial charge on any atom is 0.361 e. The van der Waals surface area contributed by atoms with Crippen LogP contribution in [0, 0.1) is 0 Å². The van der Waals surface area contributed by atoms with Crippen LogP contribution < -0.4 is 10.0 Å². The second-order valence-electron chi connectivity index (χ2n) is 6.54. The van der Waals surface area contributed by atoms with Crippen molar-refractivity contribution < 1.29 is 23.1 Å². The summed E-state index contributed by atoms with van der Waals surface area (Å²) in [6, 6.07) is 23.5. The molecule has 0 saturated carbocycles. The third kappa shape index (κ3) is 5.67. The Bertz CT molecular complexity index is 988. The first-order valence-corrected chi connectivity index (χ1v) is 11.4. The van der Waals surface area contributed by atoms with Crippen molar-refractivity contribution in [2.24, 2.45) is 0 Å². The molecule has 0 unspecified atom stereocenters. The summed E-state index contributed by atoms with van der Waals surface area (Å²) in [5, 5.41) is 0.491. The molecule has 3 aromatic carbocycles. The fourth-order valence-electron chi connectivity index (χ4n) is 2.94. The summed E-state index contributed by atoms with van der Waals surface area (Å²) in [4.78, 5) is 12.6. The molecule has 3 rings (SSSR count). The highest BCUT2D eigenvalue weighted by Gasteiger charge is 2.26. The molecule has 0 aromatic heterocycles. The number of ketones is 1. The molecule has 3 aromatic rings. The van der Waals surface area contributed by atoms with Crippen LogP contribution in [0.2, 0.25) is 0 Å². The number of hydrogen-bond acceptors (Lipinski definition) is 5. The van der Waals surface area contributed by atoms with Crippen molar-refractivity contribution in [1.29, 1.82) is 0 Å². The molecular weight excluding hydrogens is 399 g/mol. The van der Waals surface area contributed by atoms with Gasteiger partial charge in [-0.1, -0.05) is 30.3 Å². The Labute approximate surface area is 177 Å². The Kier molecular flexibility index (Phi) is 7.58. The van der Waals surface area contributed by atoms with Crippen molar-refractivity contribution in [3.8, 4) is 11.5 Å². The van der Waals surface area contributed by atoms with Crippen molar-refractivity contribution in [3.63, 3.8) is 0 Å². The van der Waals surface area contributed by atoms with Crippen LogP contribution in [0.1, 0.15) is 29.8 Å². The summed E-state index contributed by atoms with van der Waals surface area (Å²) in [5.74, 6) is 1.41. The number of hydrogen-bond donors (Lipinski definition) is 0. The minimum atomic E-state index is -3.32. The lowest BCUT2D eigenvalue weighted by molar-refractivity contribution is 0.0993. The van der Waals surface area contributed by atoms with E-state index in [4.69, 9.17) is 13.8 Å². The van der Waals surface area contributed by atoms with Crippen molar-refractivity contribution in [3.05, 3.63) is 90.0 Å². The van der Waals surface area contributed by atoms with E-state index in [1.54, 1.807) is 62.4 Å². The van der Waals surface area contributed by atoms with Gasteiger partial charge in [-0.3, -0.25) is 9.36 Å². The summed E-state index contributed by atoms with van der Waals surface area (Å²) in [6.45, 7) is 4.13. The Morgan fingerprint density at radius 1 is 0.767 bits per heavy atom. The van der Waals surface area contributed by atoms with Gasteiger partial charge in [0, 0.05) is 12.0 Å². The Balaban J connectivity index is 1.65. The first kappa shape index (κ1) is 22.0. The molecule has 156 valence electrons. The summed E-state index contributed by atoms with van der Waals surface area (Å²) in [6.07, 6.45) is 0.243. The van der Waals surface area contributed by atoms with Crippen molar-refractivity contribution in [2.45, 2.75) is 20.3 Å². The number of carbonyl (C=O) groups excluding carboxylic acids is 1. The van der Waals surface area contributed by atoms with Gasteiger partial charge in [-0.15, -0.1) is 0 Å². The van der Waals surface area contributed by atoms with Gasteiger partial charge >= 0.3 is 7.60 Å². The van der Waals surface area contributed by atoms with E-state index in [0.717, 1.165) is 11.3 Å². The molecule has 0 N–H and O–H groups in total. The molecule has 0 bridgehead atoms. The SMILES string of the molecule is CCOP(=O)(OCC)c1ccc(CC(=O)c2ccc(Oc3ccccc3)cc2)cc1. The van der Waals surface area contributed by atoms with E-state index in [9.17, 15) is 9.36 Å². The maximum absolute atomic E-state index is 12.8. The molecule has 0 amide bonds. The normalized spacial score (nSPS) is 11.3. The van der Waals surface area contributed by atoms with E-state index in [0.29, 0.717) is 29.8 Å². The molecule has 0 aliphatic carbocycles. The van der Waals surface area contributed by atoms with E-state index in [2.05, 4.69) is 0 Å². The number of Topliss-reactive ketones (excluding diaryl/α,β-unsaturated/α-hetero) is 1. The largest absolute Gasteiger partial charge is 0.457 e. The quantitative estimate of drug-likeness (QED) is 0.304. The summed E-state index contributed by atoms with van der Waals surface area (Å²) >= 11 is 0. The highest BCUT2D eigenvalue weighted by atomic mass is 31.2. The van der Waals surface area contributed by atoms with Crippen LogP contribution in [0.3, 0.4) is 0 Å². The molecule has 0 fully saturated rings. The Morgan fingerprint density at radius 3 is 1.90 bits per heavy atom. The molecule has 0 atom stereocenters. The monoisotopic (exact) mass is 424 g/mol. The lowest BCUT2D eigenvalue weighted by Crippen LogP contribution is -2.11. The van der Waals surface area contributed by atoms with Crippen LogP contribution in [0.4, 0.5) is 0 Å². The van der Waals surface area contributed by atoms with Crippen LogP contribution in [-0.2, 0) is 20.0 Å². The number of ether oxygens (including phenoxy) is 1. The van der Waals surface area contributed by atoms with E-state index in [1.165, 1.54) is 0 Å². The highest BCUT2D eigenvalue weighted by Crippen LogP contribution is 2.46. The third-order valence-electron chi connectivity index (χ3n) is 4.37. The highest BCUT2D eigenvalue weighted by molar-refractivity contribution is 7.62. The van der Waals surface area contributed by atoms with Gasteiger partial charge in [0.2, 0.25) is 0 Å². The van der Waals surface area contributed by atoms with Gasteiger partial charge in [0.25, 0.3) is 0 Å². The standard InChI is InChI=1S/C24H25O5P/c1-3-27-30(26,28-4-2)23-16-10-19(11-17-23)18-24(25)20-12-14-22(15-13-20)29-21-8-6-5-7-9-21/h5-17H,3-4,18H2,1-2H3. The van der Waals surface area contributed by atoms with Gasteiger partial charge in [0.05, 0.1) is 18.5 Å². The zero-order valence-corrected chi connectivity index (χ0v) is 18.0. The molecule has 0 aliphatic heterocycles. The summed E-state index contributed by atoms with van der Waals surface area (Å²) in [7, 11) is -3.32. The first-order chi connectivity index (χ1) is 14.5. The third-order valence-corrected chi connectivity index (χ3v) is 6.50. The fourth-order valence-corrected chi connectivity index (χ4v) is 4.51. The predicted molar refractivity (Wildman–Crippen MR) is 118 cm³/mol. The fraction of sp³-hybridized carbons (Fsp3) is 0.208. The van der Waals surface area contributed by atoms with Crippen LogP contribution in [0.15, 0.2) is 78.9 Å². The lowest BCUT2D eigenvalue weighted by Gasteiger charge is -2.17. The molecule has 30 heavy (non-hydrogen) atoms. The zero-order chi connectivity index (χ0) is 21.4. The van der Waals surface area contributed by atoms with E-state index < -0.39 is 7.60 Å². The van der Waals surface area contributed by atoms with Gasteiger partial charge in [0.15, 0.2) is 5.78 Å². The van der Waals surface area contributed by atoms with E-state index in [1.807, 2.05) is 30.3 Å². The number of para-hydroxylation sites is 1. The minimum Gasteiger partial charge on any atom is -0.457 e. The van der Waals surface area contributed by atoms with Gasteiger partial charge < -0.3 is 13.8 Å². The molecule has 0 saturated heterocycles. The second-order valence-corrected chi connectivity index (χ2v) is 8.57. The number of carbonyl (C=O) groups is 1. The lowest BCUT2D eigenvalue weighted by atomic mass is 10.0. The maximum atomic E-state index is 12.8. The van der Waals surface area contributed by atoms with Crippen molar-refractivity contribution >= 4 is 18.7 Å². The average molecular weight is 424 g/mol. The van der Waals surface area contributed by atoms with Gasteiger partial charge in [-0.05, 0) is 67.9 Å². The van der Waals surface area contributed by atoms with E-state index >= 15 is 0 Å². The first-order valence-electron chi connectivity index (χ1n) is 9.89. The van der Waals surface area contributed by atoms with E-state index in [-0.39, 0.29) is 12.2 Å². The smallest absolute Gasteiger partial charge is 0.361 e. The van der Waals surface area contributed by atoms with Crippen LogP contribution in [-0.4, -0.2) is 19.0 Å². The summed E-state index contributed by atoms with van der Waals surface area (Å²) < 4.78 is 29.3. The number of benzene rings is 3. The molecule has 0 spiro atoms. The Hall–Kier alpha value is -2.72. The predicted octanol–water partition coefficient (Wildman–Crippen LogP) is 5.80. The van der Waals surface area contributed by atoms with Crippen LogP contribution in [0.5, 0.6) is 11.5 Å². The van der Waals surface area contributed by atoms with Gasteiger partial charge in [-0.25, -0.2) is 0 Å². The zero-order valence-electron chi connectivity index (χ0n) is 17.1. The molecule has 0 heterocycles. The van der Waals surface area contributed by atoms with Crippen molar-refractivity contribution in [1.82, 2.24) is 0 Å². The topological polar surface area (TPSA) is 61.8 Å². The van der Waals surface area contributed by atoms with Crippen LogP contribution in [0.25, 0.3) is 0 Å². The molecule has 0 aliphatic rings. The molecule has 5 nitrogen and oxygen atoms in total. The van der Waals surface area contributed by atoms with Gasteiger partial charge in [0.1, 0.15) is 11.5 Å². The molecule has 6 heteroatoms. The Morgan fingerprint density at radius 2 is 1.33 bits per heavy atom. The minimum absolute atomic E-state index is 0.00758.